The SMILES string of the molecule is COC(=O)CSC[C@@H](N)C(=O)O. The Hall–Kier alpha value is -0.750. The minimum absolute atomic E-state index is 0.136. The van der Waals surface area contributed by atoms with E-state index in [1.165, 1.54) is 7.11 Å². The number of thioether (sulfide) groups is 1. The molecule has 0 amide bonds. The van der Waals surface area contributed by atoms with Gasteiger partial charge in [0.2, 0.25) is 0 Å². The molecular formula is C6H11NO4S. The van der Waals surface area contributed by atoms with Gasteiger partial charge in [-0.05, 0) is 0 Å². The molecule has 0 fully saturated rings. The van der Waals surface area contributed by atoms with Crippen molar-refractivity contribution in [1.82, 2.24) is 0 Å². The highest BCUT2D eigenvalue weighted by molar-refractivity contribution is 8.00. The van der Waals surface area contributed by atoms with Crippen LogP contribution in [0.15, 0.2) is 0 Å². The minimum atomic E-state index is -1.06. The van der Waals surface area contributed by atoms with Crippen LogP contribution in [0.1, 0.15) is 0 Å². The van der Waals surface area contributed by atoms with E-state index in [2.05, 4.69) is 4.74 Å². The second-order valence-corrected chi connectivity index (χ2v) is 3.07. The van der Waals surface area contributed by atoms with Crippen LogP contribution in [-0.4, -0.2) is 41.7 Å². The quantitative estimate of drug-likeness (QED) is 0.561. The van der Waals surface area contributed by atoms with Gasteiger partial charge in [-0.1, -0.05) is 0 Å². The fourth-order valence-electron chi connectivity index (χ4n) is 0.399. The van der Waals surface area contributed by atoms with Gasteiger partial charge in [-0.3, -0.25) is 9.59 Å². The van der Waals surface area contributed by atoms with Crippen LogP contribution in [0.3, 0.4) is 0 Å². The molecule has 6 heteroatoms. The summed E-state index contributed by atoms with van der Waals surface area (Å²) in [5.41, 5.74) is 5.17. The number of hydrogen-bond donors (Lipinski definition) is 2. The lowest BCUT2D eigenvalue weighted by Crippen LogP contribution is -2.32. The van der Waals surface area contributed by atoms with Gasteiger partial charge in [0, 0.05) is 5.75 Å². The number of hydrogen-bond acceptors (Lipinski definition) is 5. The topological polar surface area (TPSA) is 89.6 Å². The van der Waals surface area contributed by atoms with Crippen molar-refractivity contribution in [3.63, 3.8) is 0 Å². The molecule has 5 nitrogen and oxygen atoms in total. The molecule has 0 aliphatic heterocycles. The Bertz CT molecular complexity index is 173. The van der Waals surface area contributed by atoms with Gasteiger partial charge in [0.15, 0.2) is 0 Å². The van der Waals surface area contributed by atoms with E-state index < -0.39 is 12.0 Å². The van der Waals surface area contributed by atoms with Crippen LogP contribution in [0.25, 0.3) is 0 Å². The highest BCUT2D eigenvalue weighted by Gasteiger charge is 2.11. The van der Waals surface area contributed by atoms with Crippen LogP contribution in [0.4, 0.5) is 0 Å². The monoisotopic (exact) mass is 193 g/mol. The molecule has 0 saturated carbocycles. The number of methoxy groups -OCH3 is 1. The second kappa shape index (κ2) is 5.84. The number of carboxylic acid groups (broad SMARTS) is 1. The molecule has 0 radical (unpaired) electrons. The third kappa shape index (κ3) is 4.97. The highest BCUT2D eigenvalue weighted by Crippen LogP contribution is 2.01. The fraction of sp³-hybridized carbons (Fsp3) is 0.667. The average molecular weight is 193 g/mol. The van der Waals surface area contributed by atoms with Gasteiger partial charge in [-0.25, -0.2) is 0 Å². The molecule has 0 aromatic heterocycles. The lowest BCUT2D eigenvalue weighted by Gasteiger charge is -2.04. The predicted molar refractivity (Wildman–Crippen MR) is 45.0 cm³/mol. The molecule has 0 aliphatic carbocycles. The van der Waals surface area contributed by atoms with Crippen molar-refractivity contribution in [2.75, 3.05) is 18.6 Å². The number of carbonyl (C=O) groups is 2. The number of ether oxygens (including phenoxy) is 1. The summed E-state index contributed by atoms with van der Waals surface area (Å²) in [5.74, 6) is -1.09. The fourth-order valence-corrected chi connectivity index (χ4v) is 1.20. The summed E-state index contributed by atoms with van der Waals surface area (Å²) >= 11 is 1.14. The number of aliphatic carboxylic acids is 1. The van der Waals surface area contributed by atoms with Crippen molar-refractivity contribution < 1.29 is 19.4 Å². The van der Waals surface area contributed by atoms with E-state index in [1.807, 2.05) is 0 Å². The molecule has 0 spiro atoms. The van der Waals surface area contributed by atoms with Crippen LogP contribution in [0.5, 0.6) is 0 Å². The smallest absolute Gasteiger partial charge is 0.321 e. The molecule has 3 N–H and O–H groups in total. The Morgan fingerprint density at radius 3 is 2.67 bits per heavy atom. The summed E-state index contributed by atoms with van der Waals surface area (Å²) in [7, 11) is 1.28. The zero-order valence-corrected chi connectivity index (χ0v) is 7.47. The van der Waals surface area contributed by atoms with Crippen LogP contribution in [0.2, 0.25) is 0 Å². The third-order valence-corrected chi connectivity index (χ3v) is 2.10. The Morgan fingerprint density at radius 1 is 1.67 bits per heavy atom. The molecule has 0 unspecified atom stereocenters. The molecule has 0 rings (SSSR count). The van der Waals surface area contributed by atoms with Gasteiger partial charge in [-0.2, -0.15) is 0 Å². The van der Waals surface area contributed by atoms with Crippen molar-refractivity contribution in [2.45, 2.75) is 6.04 Å². The first kappa shape index (κ1) is 11.2. The number of carbonyl (C=O) groups excluding carboxylic acids is 1. The van der Waals surface area contributed by atoms with Crippen LogP contribution >= 0.6 is 11.8 Å². The van der Waals surface area contributed by atoms with Gasteiger partial charge in [0.1, 0.15) is 6.04 Å². The predicted octanol–water partition coefficient (Wildman–Crippen LogP) is -0.695. The second-order valence-electron chi connectivity index (χ2n) is 2.04. The van der Waals surface area contributed by atoms with E-state index in [-0.39, 0.29) is 17.5 Å². The van der Waals surface area contributed by atoms with Gasteiger partial charge in [0.25, 0.3) is 0 Å². The van der Waals surface area contributed by atoms with Gasteiger partial charge in [-0.15, -0.1) is 11.8 Å². The van der Waals surface area contributed by atoms with Crippen molar-refractivity contribution in [1.29, 1.82) is 0 Å². The lowest BCUT2D eigenvalue weighted by atomic mass is 10.4. The highest BCUT2D eigenvalue weighted by atomic mass is 32.2. The average Bonchev–Trinajstić information content (AvgIpc) is 2.03. The molecule has 0 saturated heterocycles. The molecule has 70 valence electrons. The zero-order chi connectivity index (χ0) is 9.56. The normalized spacial score (nSPS) is 12.2. The van der Waals surface area contributed by atoms with Crippen LogP contribution in [0, 0.1) is 0 Å². The van der Waals surface area contributed by atoms with E-state index in [4.69, 9.17) is 10.8 Å². The summed E-state index contributed by atoms with van der Waals surface area (Å²) in [6.07, 6.45) is 0. The van der Waals surface area contributed by atoms with E-state index in [1.54, 1.807) is 0 Å². The van der Waals surface area contributed by atoms with E-state index in [0.717, 1.165) is 11.8 Å². The number of carboxylic acids is 1. The largest absolute Gasteiger partial charge is 0.480 e. The maximum atomic E-state index is 10.5. The number of rotatable bonds is 5. The summed E-state index contributed by atoms with van der Waals surface area (Å²) in [6.45, 7) is 0. The maximum Gasteiger partial charge on any atom is 0.321 e. The molecule has 0 aromatic carbocycles. The Labute approximate surface area is 74.3 Å². The van der Waals surface area contributed by atoms with Gasteiger partial charge in [0.05, 0.1) is 12.9 Å². The third-order valence-electron chi connectivity index (χ3n) is 1.06. The standard InChI is InChI=1S/C6H11NO4S/c1-11-5(8)3-12-2-4(7)6(9)10/h4H,2-3,7H2,1H3,(H,9,10)/t4-/m1/s1. The molecule has 0 aliphatic rings. The zero-order valence-electron chi connectivity index (χ0n) is 6.65. The maximum absolute atomic E-state index is 10.5. The summed E-state index contributed by atoms with van der Waals surface area (Å²) in [4.78, 5) is 20.7. The molecule has 0 aromatic rings. The Balaban J connectivity index is 3.43. The first-order valence-corrected chi connectivity index (χ1v) is 4.36. The minimum Gasteiger partial charge on any atom is -0.480 e. The first-order valence-electron chi connectivity index (χ1n) is 3.21. The Morgan fingerprint density at radius 2 is 2.25 bits per heavy atom. The van der Waals surface area contributed by atoms with E-state index in [0.29, 0.717) is 0 Å². The lowest BCUT2D eigenvalue weighted by molar-refractivity contribution is -0.138. The molecule has 12 heavy (non-hydrogen) atoms. The van der Waals surface area contributed by atoms with Gasteiger partial charge < -0.3 is 15.6 Å². The molecule has 1 atom stereocenters. The molecular weight excluding hydrogens is 182 g/mol. The van der Waals surface area contributed by atoms with E-state index in [9.17, 15) is 9.59 Å². The Kier molecular flexibility index (Phi) is 5.48. The van der Waals surface area contributed by atoms with E-state index >= 15 is 0 Å². The van der Waals surface area contributed by atoms with Crippen molar-refractivity contribution in [3.05, 3.63) is 0 Å². The first-order chi connectivity index (χ1) is 5.57. The number of esters is 1. The summed E-state index contributed by atoms with van der Waals surface area (Å²) < 4.78 is 4.34. The molecule has 0 heterocycles. The van der Waals surface area contributed by atoms with Crippen LogP contribution in [-0.2, 0) is 14.3 Å². The van der Waals surface area contributed by atoms with Crippen molar-refractivity contribution in [2.24, 2.45) is 5.73 Å². The van der Waals surface area contributed by atoms with Crippen LogP contribution < -0.4 is 5.73 Å². The van der Waals surface area contributed by atoms with Gasteiger partial charge >= 0.3 is 11.9 Å². The van der Waals surface area contributed by atoms with Crippen molar-refractivity contribution in [3.8, 4) is 0 Å². The number of nitrogens with two attached hydrogens (primary N) is 1. The summed E-state index contributed by atoms with van der Waals surface area (Å²) in [5, 5.41) is 8.35. The van der Waals surface area contributed by atoms with Crippen molar-refractivity contribution >= 4 is 23.7 Å². The molecule has 0 bridgehead atoms. The summed E-state index contributed by atoms with van der Waals surface area (Å²) in [6, 6.07) is -0.917.